The van der Waals surface area contributed by atoms with Gasteiger partial charge in [0.1, 0.15) is 0 Å². The third kappa shape index (κ3) is 3.85. The van der Waals surface area contributed by atoms with Crippen LogP contribution in [-0.4, -0.2) is 17.4 Å². The maximum atomic E-state index is 13.6. The van der Waals surface area contributed by atoms with Gasteiger partial charge in [-0.25, -0.2) is 4.98 Å². The van der Waals surface area contributed by atoms with Gasteiger partial charge in [-0.15, -0.1) is 11.3 Å². The number of rotatable bonds is 5. The predicted octanol–water partition coefficient (Wildman–Crippen LogP) is 6.13. The Morgan fingerprint density at radius 2 is 1.76 bits per heavy atom. The van der Waals surface area contributed by atoms with Crippen molar-refractivity contribution in [2.75, 3.05) is 11.4 Å². The highest BCUT2D eigenvalue weighted by Gasteiger charge is 2.25. The van der Waals surface area contributed by atoms with Gasteiger partial charge in [0.25, 0.3) is 5.91 Å². The summed E-state index contributed by atoms with van der Waals surface area (Å²) in [6.07, 6.45) is 5.49. The van der Waals surface area contributed by atoms with Crippen LogP contribution in [0.4, 0.5) is 5.13 Å². The number of thiazole rings is 1. The zero-order valence-electron chi connectivity index (χ0n) is 16.1. The van der Waals surface area contributed by atoms with Gasteiger partial charge in [-0.05, 0) is 61.4 Å². The summed E-state index contributed by atoms with van der Waals surface area (Å²) in [5.74, 6) is 0.0828. The molecule has 0 N–H and O–H groups in total. The van der Waals surface area contributed by atoms with Crippen LogP contribution in [0.2, 0.25) is 0 Å². The number of para-hydroxylation sites is 1. The third-order valence-corrected chi connectivity index (χ3v) is 7.72. The normalized spacial score (nSPS) is 13.4. The van der Waals surface area contributed by atoms with E-state index in [9.17, 15) is 4.79 Å². The Morgan fingerprint density at radius 3 is 2.59 bits per heavy atom. The van der Waals surface area contributed by atoms with E-state index in [1.54, 1.807) is 22.7 Å². The Balaban J connectivity index is 1.48. The average molecular weight is 419 g/mol. The molecule has 0 atom stereocenters. The highest BCUT2D eigenvalue weighted by Crippen LogP contribution is 2.33. The van der Waals surface area contributed by atoms with E-state index in [2.05, 4.69) is 24.3 Å². The molecule has 0 aliphatic heterocycles. The van der Waals surface area contributed by atoms with E-state index in [1.807, 2.05) is 41.3 Å². The summed E-state index contributed by atoms with van der Waals surface area (Å²) in [5.41, 5.74) is 3.56. The van der Waals surface area contributed by atoms with Crippen molar-refractivity contribution >= 4 is 43.9 Å². The smallest absolute Gasteiger partial charge is 0.270 e. The highest BCUT2D eigenvalue weighted by atomic mass is 32.1. The zero-order valence-corrected chi connectivity index (χ0v) is 17.8. The third-order valence-electron chi connectivity index (χ3n) is 5.43. The summed E-state index contributed by atoms with van der Waals surface area (Å²) < 4.78 is 1.12. The lowest BCUT2D eigenvalue weighted by molar-refractivity contribution is 0.0991. The molecular weight excluding hydrogens is 396 g/mol. The molecule has 1 aliphatic rings. The minimum absolute atomic E-state index is 0.0828. The van der Waals surface area contributed by atoms with Gasteiger partial charge in [-0.3, -0.25) is 9.69 Å². The number of aryl methyl sites for hydroxylation is 2. The summed E-state index contributed by atoms with van der Waals surface area (Å²) in [5, 5.41) is 0.790. The second-order valence-electron chi connectivity index (χ2n) is 7.42. The van der Waals surface area contributed by atoms with Crippen molar-refractivity contribution in [1.29, 1.82) is 0 Å². The standard InChI is InChI=1S/C24H22N2OS2/c27-23(22-16-18-10-4-6-12-20(18)28-22)26(15-14-17-8-2-1-3-9-17)24-25-19-11-5-7-13-21(19)29-24/h1-3,5,7-9,11,13,16H,4,6,10,12,14-15H2. The molecule has 1 aliphatic carbocycles. The molecule has 5 heteroatoms. The van der Waals surface area contributed by atoms with Crippen molar-refractivity contribution in [3.05, 3.63) is 81.5 Å². The van der Waals surface area contributed by atoms with Gasteiger partial charge in [0.05, 0.1) is 15.1 Å². The quantitative estimate of drug-likeness (QED) is 0.391. The number of carbonyl (C=O) groups excluding carboxylic acids is 1. The Hall–Kier alpha value is -2.50. The van der Waals surface area contributed by atoms with Gasteiger partial charge in [-0.1, -0.05) is 53.8 Å². The molecule has 0 unspecified atom stereocenters. The SMILES string of the molecule is O=C(c1cc2c(s1)CCCC2)N(CCc1ccccc1)c1nc2ccccc2s1. The number of aromatic nitrogens is 1. The molecule has 0 spiro atoms. The van der Waals surface area contributed by atoms with Gasteiger partial charge in [0.2, 0.25) is 0 Å². The summed E-state index contributed by atoms with van der Waals surface area (Å²) in [4.78, 5) is 22.5. The molecule has 2 heterocycles. The van der Waals surface area contributed by atoms with E-state index in [1.165, 1.54) is 28.8 Å². The highest BCUT2D eigenvalue weighted by molar-refractivity contribution is 7.22. The lowest BCUT2D eigenvalue weighted by atomic mass is 9.99. The molecule has 3 nitrogen and oxygen atoms in total. The molecular formula is C24H22N2OS2. The monoisotopic (exact) mass is 418 g/mol. The van der Waals surface area contributed by atoms with Crippen LogP contribution in [0.15, 0.2) is 60.7 Å². The van der Waals surface area contributed by atoms with Crippen LogP contribution in [0.3, 0.4) is 0 Å². The van der Waals surface area contributed by atoms with E-state index in [0.717, 1.165) is 39.5 Å². The fourth-order valence-corrected chi connectivity index (χ4v) is 6.07. The van der Waals surface area contributed by atoms with Crippen molar-refractivity contribution in [2.45, 2.75) is 32.1 Å². The molecule has 0 saturated heterocycles. The molecule has 0 bridgehead atoms. The average Bonchev–Trinajstić information content (AvgIpc) is 3.38. The first-order valence-corrected chi connectivity index (χ1v) is 11.7. The zero-order chi connectivity index (χ0) is 19.6. The van der Waals surface area contributed by atoms with Crippen molar-refractivity contribution in [2.24, 2.45) is 0 Å². The number of carbonyl (C=O) groups is 1. The minimum atomic E-state index is 0.0828. The molecule has 1 amide bonds. The maximum absolute atomic E-state index is 13.6. The summed E-state index contributed by atoms with van der Waals surface area (Å²) in [6, 6.07) is 20.6. The summed E-state index contributed by atoms with van der Waals surface area (Å²) in [6.45, 7) is 0.630. The first-order valence-electron chi connectivity index (χ1n) is 10.1. The Kier molecular flexibility index (Phi) is 5.17. The minimum Gasteiger partial charge on any atom is -0.283 e. The topological polar surface area (TPSA) is 33.2 Å². The lowest BCUT2D eigenvalue weighted by Gasteiger charge is -2.19. The van der Waals surface area contributed by atoms with Crippen LogP contribution in [0.5, 0.6) is 0 Å². The molecule has 146 valence electrons. The number of benzene rings is 2. The maximum Gasteiger partial charge on any atom is 0.270 e. The molecule has 2 aromatic carbocycles. The van der Waals surface area contributed by atoms with Crippen LogP contribution in [0.1, 0.15) is 38.5 Å². The molecule has 2 aromatic heterocycles. The Morgan fingerprint density at radius 1 is 0.966 bits per heavy atom. The number of hydrogen-bond acceptors (Lipinski definition) is 4. The van der Waals surface area contributed by atoms with Crippen molar-refractivity contribution in [1.82, 2.24) is 4.98 Å². The molecule has 4 aromatic rings. The predicted molar refractivity (Wildman–Crippen MR) is 122 cm³/mol. The fraction of sp³-hybridized carbons (Fsp3) is 0.250. The van der Waals surface area contributed by atoms with Gasteiger partial charge in [0, 0.05) is 11.4 Å². The van der Waals surface area contributed by atoms with Gasteiger partial charge >= 0.3 is 0 Å². The Bertz CT molecular complexity index is 1090. The molecule has 0 saturated carbocycles. The second kappa shape index (κ2) is 8.09. The second-order valence-corrected chi connectivity index (χ2v) is 9.57. The van der Waals surface area contributed by atoms with Crippen LogP contribution >= 0.6 is 22.7 Å². The van der Waals surface area contributed by atoms with Crippen molar-refractivity contribution in [3.63, 3.8) is 0 Å². The molecule has 5 rings (SSSR count). The molecule has 0 radical (unpaired) electrons. The Labute approximate surface area is 178 Å². The van der Waals surface area contributed by atoms with E-state index in [4.69, 9.17) is 4.98 Å². The number of thiophene rings is 1. The van der Waals surface area contributed by atoms with Crippen LogP contribution in [-0.2, 0) is 19.3 Å². The number of nitrogens with zero attached hydrogens (tertiary/aromatic N) is 2. The lowest BCUT2D eigenvalue weighted by Crippen LogP contribution is -2.32. The largest absolute Gasteiger partial charge is 0.283 e. The van der Waals surface area contributed by atoms with E-state index < -0.39 is 0 Å². The number of anilines is 1. The van der Waals surface area contributed by atoms with E-state index >= 15 is 0 Å². The molecule has 0 fully saturated rings. The van der Waals surface area contributed by atoms with Gasteiger partial charge in [0.15, 0.2) is 5.13 Å². The van der Waals surface area contributed by atoms with Crippen LogP contribution in [0, 0.1) is 0 Å². The number of hydrogen-bond donors (Lipinski definition) is 0. The van der Waals surface area contributed by atoms with Gasteiger partial charge < -0.3 is 0 Å². The van der Waals surface area contributed by atoms with Crippen LogP contribution in [0.25, 0.3) is 10.2 Å². The number of amides is 1. The molecule has 29 heavy (non-hydrogen) atoms. The van der Waals surface area contributed by atoms with E-state index in [-0.39, 0.29) is 5.91 Å². The van der Waals surface area contributed by atoms with Crippen molar-refractivity contribution in [3.8, 4) is 0 Å². The van der Waals surface area contributed by atoms with E-state index in [0.29, 0.717) is 6.54 Å². The first kappa shape index (κ1) is 18.5. The fourth-order valence-electron chi connectivity index (χ4n) is 3.87. The number of fused-ring (bicyclic) bond motifs is 2. The summed E-state index contributed by atoms with van der Waals surface area (Å²) in [7, 11) is 0. The first-order chi connectivity index (χ1) is 14.3. The van der Waals surface area contributed by atoms with Crippen LogP contribution < -0.4 is 4.90 Å². The van der Waals surface area contributed by atoms with Crippen molar-refractivity contribution < 1.29 is 4.79 Å². The summed E-state index contributed by atoms with van der Waals surface area (Å²) >= 11 is 3.28. The van der Waals surface area contributed by atoms with Gasteiger partial charge in [-0.2, -0.15) is 0 Å².